The zero-order valence-electron chi connectivity index (χ0n) is 15.7. The fourth-order valence-electron chi connectivity index (χ4n) is 2.95. The molecule has 0 saturated heterocycles. The van der Waals surface area contributed by atoms with Gasteiger partial charge < -0.3 is 10.8 Å². The van der Waals surface area contributed by atoms with Crippen molar-refractivity contribution in [2.45, 2.75) is 17.0 Å². The molecule has 0 aliphatic carbocycles. The largest absolute Gasteiger partial charge is 0.386 e. The number of hydrogen-bond donors (Lipinski definition) is 2. The molecule has 4 nitrogen and oxygen atoms in total. The van der Waals surface area contributed by atoms with Gasteiger partial charge in [0.15, 0.2) is 9.84 Å². The highest BCUT2D eigenvalue weighted by molar-refractivity contribution is 7.90. The van der Waals surface area contributed by atoms with Crippen molar-refractivity contribution in [1.29, 1.82) is 0 Å². The Bertz CT molecular complexity index is 1170. The number of nitrogens with two attached hydrogens (primary N) is 1. The predicted molar refractivity (Wildman–Crippen MR) is 121 cm³/mol. The molecule has 0 aliphatic rings. The van der Waals surface area contributed by atoms with Gasteiger partial charge in [0.05, 0.1) is 21.0 Å². The maximum atomic E-state index is 14.8. The third kappa shape index (κ3) is 5.32. The first kappa shape index (κ1) is 24.6. The van der Waals surface area contributed by atoms with E-state index in [4.69, 9.17) is 28.9 Å². The van der Waals surface area contributed by atoms with Crippen LogP contribution < -0.4 is 5.73 Å². The molecule has 3 rings (SSSR count). The minimum Gasteiger partial charge on any atom is -0.386 e. The SMILES string of the molecule is CS(=O)(=O)c1cccc(-c2ccc(C(O)C(N)c3ccc(Cl)c(Cl)c3)c(F)c2)c1.Cl. The molecule has 30 heavy (non-hydrogen) atoms. The van der Waals surface area contributed by atoms with Crippen LogP contribution in [-0.4, -0.2) is 19.8 Å². The van der Waals surface area contributed by atoms with Crippen LogP contribution >= 0.6 is 35.6 Å². The smallest absolute Gasteiger partial charge is 0.175 e. The summed E-state index contributed by atoms with van der Waals surface area (Å²) >= 11 is 11.9. The van der Waals surface area contributed by atoms with Crippen LogP contribution in [0.2, 0.25) is 10.0 Å². The molecule has 0 aromatic heterocycles. The number of benzene rings is 3. The summed E-state index contributed by atoms with van der Waals surface area (Å²) in [6, 6.07) is 14.3. The Labute approximate surface area is 190 Å². The van der Waals surface area contributed by atoms with E-state index in [1.54, 1.807) is 30.3 Å². The molecule has 3 aromatic rings. The average molecular weight is 491 g/mol. The van der Waals surface area contributed by atoms with Gasteiger partial charge in [-0.15, -0.1) is 12.4 Å². The van der Waals surface area contributed by atoms with Crippen LogP contribution in [0.15, 0.2) is 65.6 Å². The van der Waals surface area contributed by atoms with Gasteiger partial charge >= 0.3 is 0 Å². The lowest BCUT2D eigenvalue weighted by atomic mass is 9.94. The Morgan fingerprint density at radius 2 is 1.63 bits per heavy atom. The summed E-state index contributed by atoms with van der Waals surface area (Å²) in [5, 5.41) is 11.2. The summed E-state index contributed by atoms with van der Waals surface area (Å²) in [6.45, 7) is 0. The maximum Gasteiger partial charge on any atom is 0.175 e. The van der Waals surface area contributed by atoms with Crippen molar-refractivity contribution in [3.8, 4) is 11.1 Å². The molecule has 2 atom stereocenters. The van der Waals surface area contributed by atoms with Crippen LogP contribution in [0.5, 0.6) is 0 Å². The van der Waals surface area contributed by atoms with E-state index in [1.807, 2.05) is 0 Å². The molecule has 2 unspecified atom stereocenters. The summed E-state index contributed by atoms with van der Waals surface area (Å²) < 4.78 is 38.2. The highest BCUT2D eigenvalue weighted by atomic mass is 35.5. The Hall–Kier alpha value is -1.67. The second-order valence-electron chi connectivity index (χ2n) is 6.68. The molecule has 9 heteroatoms. The monoisotopic (exact) mass is 489 g/mol. The number of halogens is 4. The summed E-state index contributed by atoms with van der Waals surface area (Å²) in [5.41, 5.74) is 7.64. The molecular weight excluding hydrogens is 472 g/mol. The topological polar surface area (TPSA) is 80.4 Å². The van der Waals surface area contributed by atoms with Crippen LogP contribution in [0.25, 0.3) is 11.1 Å². The van der Waals surface area contributed by atoms with Gasteiger partial charge in [0.2, 0.25) is 0 Å². The van der Waals surface area contributed by atoms with Crippen LogP contribution in [0.3, 0.4) is 0 Å². The zero-order chi connectivity index (χ0) is 21.3. The van der Waals surface area contributed by atoms with Crippen LogP contribution in [-0.2, 0) is 9.84 Å². The first-order valence-electron chi connectivity index (χ1n) is 8.56. The lowest BCUT2D eigenvalue weighted by Gasteiger charge is -2.21. The molecule has 0 bridgehead atoms. The van der Waals surface area contributed by atoms with E-state index in [0.29, 0.717) is 21.7 Å². The van der Waals surface area contributed by atoms with Gasteiger partial charge in [-0.1, -0.05) is 53.5 Å². The number of aliphatic hydroxyl groups excluding tert-OH is 1. The average Bonchev–Trinajstić information content (AvgIpc) is 2.68. The van der Waals surface area contributed by atoms with E-state index in [9.17, 15) is 17.9 Å². The Kier molecular flexibility index (Phi) is 7.91. The highest BCUT2D eigenvalue weighted by Crippen LogP contribution is 2.33. The lowest BCUT2D eigenvalue weighted by Crippen LogP contribution is -2.20. The lowest BCUT2D eigenvalue weighted by molar-refractivity contribution is 0.142. The minimum absolute atomic E-state index is 0. The van der Waals surface area contributed by atoms with Crippen molar-refractivity contribution in [3.63, 3.8) is 0 Å². The van der Waals surface area contributed by atoms with Gasteiger partial charge in [-0.25, -0.2) is 12.8 Å². The van der Waals surface area contributed by atoms with E-state index in [0.717, 1.165) is 6.26 Å². The van der Waals surface area contributed by atoms with Crippen LogP contribution in [0.1, 0.15) is 23.3 Å². The summed E-state index contributed by atoms with van der Waals surface area (Å²) in [7, 11) is -3.38. The molecule has 0 spiro atoms. The molecule has 3 aromatic carbocycles. The molecule has 160 valence electrons. The van der Waals surface area contributed by atoms with Crippen molar-refractivity contribution in [2.75, 3.05) is 6.26 Å². The second kappa shape index (κ2) is 9.64. The number of aliphatic hydroxyl groups is 1. The number of hydrogen-bond acceptors (Lipinski definition) is 4. The molecule has 0 fully saturated rings. The fourth-order valence-corrected chi connectivity index (χ4v) is 3.92. The van der Waals surface area contributed by atoms with E-state index in [1.165, 1.54) is 30.3 Å². The van der Waals surface area contributed by atoms with Gasteiger partial charge in [-0.2, -0.15) is 0 Å². The van der Waals surface area contributed by atoms with Crippen molar-refractivity contribution >= 4 is 45.4 Å². The van der Waals surface area contributed by atoms with E-state index >= 15 is 0 Å². The Balaban J connectivity index is 0.00000320. The molecule has 3 N–H and O–H groups in total. The Morgan fingerprint density at radius 1 is 0.967 bits per heavy atom. The first-order valence-corrected chi connectivity index (χ1v) is 11.2. The quantitative estimate of drug-likeness (QED) is 0.505. The Morgan fingerprint density at radius 3 is 2.23 bits per heavy atom. The number of sulfone groups is 1. The van der Waals surface area contributed by atoms with Crippen LogP contribution in [0, 0.1) is 5.82 Å². The van der Waals surface area contributed by atoms with E-state index < -0.39 is 27.8 Å². The summed E-state index contributed by atoms with van der Waals surface area (Å²) in [6.07, 6.45) is -0.208. The maximum absolute atomic E-state index is 14.8. The van der Waals surface area contributed by atoms with Gasteiger partial charge in [-0.05, 0) is 47.0 Å². The van der Waals surface area contributed by atoms with Crippen molar-refractivity contribution in [3.05, 3.63) is 87.7 Å². The predicted octanol–water partition coefficient (Wildman–Crippen LogP) is 5.36. The molecule has 0 aliphatic heterocycles. The second-order valence-corrected chi connectivity index (χ2v) is 9.51. The van der Waals surface area contributed by atoms with Gasteiger partial charge in [-0.3, -0.25) is 0 Å². The molecular formula is C21H19Cl3FNO3S. The zero-order valence-corrected chi connectivity index (χ0v) is 18.9. The first-order chi connectivity index (χ1) is 13.6. The normalized spacial score (nSPS) is 13.4. The molecule has 0 radical (unpaired) electrons. The van der Waals surface area contributed by atoms with Crippen molar-refractivity contribution in [2.24, 2.45) is 5.73 Å². The van der Waals surface area contributed by atoms with Gasteiger partial charge in [0.1, 0.15) is 11.9 Å². The minimum atomic E-state index is -3.38. The number of rotatable bonds is 5. The molecule has 0 heterocycles. The van der Waals surface area contributed by atoms with Gasteiger partial charge in [0, 0.05) is 11.8 Å². The molecule has 0 amide bonds. The third-order valence-corrected chi connectivity index (χ3v) is 6.43. The van der Waals surface area contributed by atoms with Crippen molar-refractivity contribution < 1.29 is 17.9 Å². The van der Waals surface area contributed by atoms with Gasteiger partial charge in [0.25, 0.3) is 0 Å². The van der Waals surface area contributed by atoms with E-state index in [-0.39, 0.29) is 27.9 Å². The fraction of sp³-hybridized carbons (Fsp3) is 0.143. The molecule has 0 saturated carbocycles. The highest BCUT2D eigenvalue weighted by Gasteiger charge is 2.23. The summed E-state index contributed by atoms with van der Waals surface area (Å²) in [5.74, 6) is -0.657. The van der Waals surface area contributed by atoms with Crippen molar-refractivity contribution in [1.82, 2.24) is 0 Å². The van der Waals surface area contributed by atoms with E-state index in [2.05, 4.69) is 0 Å². The standard InChI is InChI=1S/C21H18Cl2FNO3S.ClH/c1-29(27,28)15-4-2-3-12(9-15)13-5-7-16(19(24)11-13)21(26)20(25)14-6-8-17(22)18(23)10-14;/h2-11,20-21,26H,25H2,1H3;1H. The third-order valence-electron chi connectivity index (χ3n) is 4.58. The summed E-state index contributed by atoms with van der Waals surface area (Å²) in [4.78, 5) is 0.140. The van der Waals surface area contributed by atoms with Crippen LogP contribution in [0.4, 0.5) is 4.39 Å².